The summed E-state index contributed by atoms with van der Waals surface area (Å²) in [5.74, 6) is -0.591. The molecule has 0 aliphatic heterocycles. The second-order valence-electron chi connectivity index (χ2n) is 3.61. The van der Waals surface area contributed by atoms with Crippen LogP contribution in [0.2, 0.25) is 0 Å². The highest BCUT2D eigenvalue weighted by molar-refractivity contribution is 5.90. The number of hydrogen-bond donors (Lipinski definition) is 1. The van der Waals surface area contributed by atoms with Crippen molar-refractivity contribution in [3.8, 4) is 0 Å². The van der Waals surface area contributed by atoms with Gasteiger partial charge in [-0.2, -0.15) is 0 Å². The van der Waals surface area contributed by atoms with Crippen LogP contribution in [-0.2, 0) is 11.8 Å². The summed E-state index contributed by atoms with van der Waals surface area (Å²) >= 11 is 0. The van der Waals surface area contributed by atoms with E-state index in [1.165, 1.54) is 23.7 Å². The van der Waals surface area contributed by atoms with Gasteiger partial charge in [0, 0.05) is 7.05 Å². The third-order valence-corrected chi connectivity index (χ3v) is 2.45. The molecule has 0 fully saturated rings. The Kier molecular flexibility index (Phi) is 2.97. The fraction of sp³-hybridized carbons (Fsp3) is 0.273. The summed E-state index contributed by atoms with van der Waals surface area (Å²) < 4.78 is 5.97. The quantitative estimate of drug-likeness (QED) is 0.744. The van der Waals surface area contributed by atoms with Crippen LogP contribution in [0.4, 0.5) is 0 Å². The fourth-order valence-electron chi connectivity index (χ4n) is 1.54. The number of esters is 1. The van der Waals surface area contributed by atoms with Crippen molar-refractivity contribution in [3.05, 3.63) is 38.7 Å². The second-order valence-corrected chi connectivity index (χ2v) is 3.61. The third kappa shape index (κ3) is 1.90. The van der Waals surface area contributed by atoms with Gasteiger partial charge >= 0.3 is 11.7 Å². The van der Waals surface area contributed by atoms with Crippen molar-refractivity contribution in [3.63, 3.8) is 0 Å². The Morgan fingerprint density at radius 1 is 1.44 bits per heavy atom. The molecular formula is C11H11N3O4. The topological polar surface area (TPSA) is 94.0 Å². The van der Waals surface area contributed by atoms with E-state index in [2.05, 4.69) is 9.97 Å². The first-order valence-electron chi connectivity index (χ1n) is 5.31. The van der Waals surface area contributed by atoms with Gasteiger partial charge in [0.25, 0.3) is 5.56 Å². The van der Waals surface area contributed by atoms with Crippen molar-refractivity contribution in [2.75, 3.05) is 6.61 Å². The predicted octanol–water partition coefficient (Wildman–Crippen LogP) is -0.202. The molecule has 7 nitrogen and oxygen atoms in total. The lowest BCUT2D eigenvalue weighted by Gasteiger charge is -2.05. The maximum Gasteiger partial charge on any atom is 0.356 e. The lowest BCUT2D eigenvalue weighted by Crippen LogP contribution is -2.29. The minimum absolute atomic E-state index is 0.0601. The zero-order chi connectivity index (χ0) is 13.3. The summed E-state index contributed by atoms with van der Waals surface area (Å²) in [4.78, 5) is 40.6. The van der Waals surface area contributed by atoms with Crippen molar-refractivity contribution in [2.24, 2.45) is 7.05 Å². The van der Waals surface area contributed by atoms with E-state index >= 15 is 0 Å². The number of carbonyl (C=O) groups is 1. The molecule has 2 rings (SSSR count). The highest BCUT2D eigenvalue weighted by Crippen LogP contribution is 2.06. The zero-order valence-corrected chi connectivity index (χ0v) is 9.89. The third-order valence-electron chi connectivity index (χ3n) is 2.45. The molecule has 0 radical (unpaired) electrons. The molecule has 0 amide bonds. The van der Waals surface area contributed by atoms with Crippen molar-refractivity contribution in [1.29, 1.82) is 0 Å². The molecule has 94 valence electrons. The average Bonchev–Trinajstić information content (AvgIpc) is 2.36. The molecule has 0 atom stereocenters. The van der Waals surface area contributed by atoms with Gasteiger partial charge in [0.05, 0.1) is 12.0 Å². The maximum atomic E-state index is 11.5. The number of pyridine rings is 1. The molecule has 0 saturated heterocycles. The Morgan fingerprint density at radius 2 is 2.17 bits per heavy atom. The van der Waals surface area contributed by atoms with E-state index in [1.807, 2.05) is 0 Å². The lowest BCUT2D eigenvalue weighted by atomic mass is 10.3. The Bertz CT molecular complexity index is 729. The molecule has 0 spiro atoms. The molecule has 0 unspecified atom stereocenters. The molecule has 7 heteroatoms. The van der Waals surface area contributed by atoms with Gasteiger partial charge in [0.1, 0.15) is 5.65 Å². The van der Waals surface area contributed by atoms with Crippen LogP contribution in [0.1, 0.15) is 17.4 Å². The SMILES string of the molecule is CCOC(=O)c1ccc2c(=O)[nH]c(=O)n(C)c2n1. The Hall–Kier alpha value is -2.44. The summed E-state index contributed by atoms with van der Waals surface area (Å²) in [5.41, 5.74) is -0.906. The number of carbonyl (C=O) groups excluding carboxylic acids is 1. The van der Waals surface area contributed by atoms with E-state index in [-0.39, 0.29) is 23.3 Å². The number of aromatic nitrogens is 3. The first kappa shape index (κ1) is 12.0. The van der Waals surface area contributed by atoms with Crippen molar-refractivity contribution >= 4 is 17.0 Å². The molecule has 0 aliphatic carbocycles. The normalized spacial score (nSPS) is 10.6. The second kappa shape index (κ2) is 4.44. The highest BCUT2D eigenvalue weighted by Gasteiger charge is 2.12. The smallest absolute Gasteiger partial charge is 0.356 e. The van der Waals surface area contributed by atoms with Gasteiger partial charge in [-0.25, -0.2) is 14.6 Å². The van der Waals surface area contributed by atoms with Crippen LogP contribution < -0.4 is 11.2 Å². The van der Waals surface area contributed by atoms with Crippen LogP contribution in [0.3, 0.4) is 0 Å². The van der Waals surface area contributed by atoms with E-state index in [0.29, 0.717) is 0 Å². The lowest BCUT2D eigenvalue weighted by molar-refractivity contribution is 0.0520. The minimum atomic E-state index is -0.591. The summed E-state index contributed by atoms with van der Waals surface area (Å²) in [5, 5.41) is 0.241. The van der Waals surface area contributed by atoms with Gasteiger partial charge in [-0.15, -0.1) is 0 Å². The van der Waals surface area contributed by atoms with Crippen molar-refractivity contribution in [1.82, 2.24) is 14.5 Å². The van der Waals surface area contributed by atoms with E-state index in [4.69, 9.17) is 4.74 Å². The summed E-state index contributed by atoms with van der Waals surface area (Å²) in [7, 11) is 1.46. The van der Waals surface area contributed by atoms with Gasteiger partial charge in [-0.3, -0.25) is 14.3 Å². The molecule has 2 aromatic rings. The zero-order valence-electron chi connectivity index (χ0n) is 9.89. The van der Waals surface area contributed by atoms with Gasteiger partial charge < -0.3 is 4.74 Å². The number of aromatic amines is 1. The molecule has 0 aromatic carbocycles. The Morgan fingerprint density at radius 3 is 2.83 bits per heavy atom. The van der Waals surface area contributed by atoms with Gasteiger partial charge in [0.2, 0.25) is 0 Å². The van der Waals surface area contributed by atoms with Crippen LogP contribution >= 0.6 is 0 Å². The summed E-state index contributed by atoms with van der Waals surface area (Å²) in [6.07, 6.45) is 0. The first-order valence-corrected chi connectivity index (χ1v) is 5.31. The first-order chi connectivity index (χ1) is 8.54. The number of rotatable bonds is 2. The van der Waals surface area contributed by atoms with Crippen LogP contribution in [0, 0.1) is 0 Å². The molecule has 0 aliphatic rings. The number of H-pyrrole nitrogens is 1. The number of hydrogen-bond acceptors (Lipinski definition) is 5. The highest BCUT2D eigenvalue weighted by atomic mass is 16.5. The monoisotopic (exact) mass is 249 g/mol. The number of fused-ring (bicyclic) bond motifs is 1. The Balaban J connectivity index is 2.72. The molecule has 0 saturated carbocycles. The molecular weight excluding hydrogens is 238 g/mol. The largest absolute Gasteiger partial charge is 0.461 e. The number of aryl methyl sites for hydroxylation is 1. The van der Waals surface area contributed by atoms with Crippen LogP contribution in [0.5, 0.6) is 0 Å². The summed E-state index contributed by atoms with van der Waals surface area (Å²) in [6, 6.07) is 2.83. The predicted molar refractivity (Wildman–Crippen MR) is 63.6 cm³/mol. The van der Waals surface area contributed by atoms with Crippen LogP contribution in [-0.4, -0.2) is 27.1 Å². The van der Waals surface area contributed by atoms with E-state index in [1.54, 1.807) is 6.92 Å². The molecule has 0 bridgehead atoms. The summed E-state index contributed by atoms with van der Waals surface area (Å²) in [6.45, 7) is 1.91. The van der Waals surface area contributed by atoms with Crippen molar-refractivity contribution < 1.29 is 9.53 Å². The maximum absolute atomic E-state index is 11.5. The number of ether oxygens (including phenoxy) is 1. The van der Waals surface area contributed by atoms with E-state index in [0.717, 1.165) is 0 Å². The van der Waals surface area contributed by atoms with E-state index < -0.39 is 17.2 Å². The molecule has 2 heterocycles. The fourth-order valence-corrected chi connectivity index (χ4v) is 1.54. The molecule has 1 N–H and O–H groups in total. The van der Waals surface area contributed by atoms with Crippen molar-refractivity contribution in [2.45, 2.75) is 6.92 Å². The van der Waals surface area contributed by atoms with E-state index in [9.17, 15) is 14.4 Å². The standard InChI is InChI=1S/C11H11N3O4/c1-3-18-10(16)7-5-4-6-8(12-7)14(2)11(17)13-9(6)15/h4-5H,3H2,1-2H3,(H,13,15,17). The van der Waals surface area contributed by atoms with Gasteiger partial charge in [-0.05, 0) is 19.1 Å². The molecule has 2 aromatic heterocycles. The molecule has 18 heavy (non-hydrogen) atoms. The van der Waals surface area contributed by atoms with Gasteiger partial charge in [0.15, 0.2) is 5.69 Å². The average molecular weight is 249 g/mol. The van der Waals surface area contributed by atoms with Gasteiger partial charge in [-0.1, -0.05) is 0 Å². The Labute approximate surface area is 101 Å². The minimum Gasteiger partial charge on any atom is -0.461 e. The van der Waals surface area contributed by atoms with Crippen LogP contribution in [0.15, 0.2) is 21.7 Å². The number of nitrogens with one attached hydrogen (secondary N) is 1. The number of nitrogens with zero attached hydrogens (tertiary/aromatic N) is 2. The van der Waals surface area contributed by atoms with Crippen LogP contribution in [0.25, 0.3) is 11.0 Å².